The Bertz CT molecular complexity index is 542. The van der Waals surface area contributed by atoms with Crippen molar-refractivity contribution in [2.75, 3.05) is 0 Å². The smallest absolute Gasteiger partial charge is 0.326 e. The van der Waals surface area contributed by atoms with Gasteiger partial charge >= 0.3 is 5.97 Å². The van der Waals surface area contributed by atoms with Gasteiger partial charge in [-0.2, -0.15) is 0 Å². The van der Waals surface area contributed by atoms with Gasteiger partial charge in [-0.15, -0.1) is 0 Å². The zero-order chi connectivity index (χ0) is 15.4. The summed E-state index contributed by atoms with van der Waals surface area (Å²) < 4.78 is 26.7. The second-order valence-electron chi connectivity index (χ2n) is 5.29. The zero-order valence-electron chi connectivity index (χ0n) is 11.4. The molecule has 0 radical (unpaired) electrons. The fourth-order valence-corrected chi connectivity index (χ4v) is 2.75. The summed E-state index contributed by atoms with van der Waals surface area (Å²) >= 11 is 0. The lowest BCUT2D eigenvalue weighted by molar-refractivity contribution is -0.141. The van der Waals surface area contributed by atoms with E-state index in [0.717, 1.165) is 31.4 Å². The number of rotatable bonds is 4. The number of hydrogen-bond acceptors (Lipinski definition) is 2. The molecule has 2 rings (SSSR count). The van der Waals surface area contributed by atoms with Crippen LogP contribution < -0.4 is 5.32 Å². The van der Waals surface area contributed by atoms with E-state index in [1.54, 1.807) is 0 Å². The van der Waals surface area contributed by atoms with Crippen LogP contribution in [0.25, 0.3) is 0 Å². The van der Waals surface area contributed by atoms with Crippen molar-refractivity contribution in [2.24, 2.45) is 5.92 Å². The molecule has 1 aliphatic carbocycles. The third-order valence-electron chi connectivity index (χ3n) is 3.87. The number of carboxylic acid groups (broad SMARTS) is 1. The van der Waals surface area contributed by atoms with Gasteiger partial charge in [0.1, 0.15) is 6.04 Å². The standard InChI is InChI=1S/C15H17F2NO3/c16-11-8-4-7-10(12(11)17)14(19)18-13(15(20)21)9-5-2-1-3-6-9/h4,7-9,13H,1-3,5-6H2,(H,18,19)(H,20,21). The highest BCUT2D eigenvalue weighted by Gasteiger charge is 2.31. The lowest BCUT2D eigenvalue weighted by Crippen LogP contribution is -2.46. The SMILES string of the molecule is O=C(NC(C(=O)O)C1CCCCC1)c1cccc(F)c1F. The van der Waals surface area contributed by atoms with Crippen LogP contribution in [0, 0.1) is 17.6 Å². The maximum Gasteiger partial charge on any atom is 0.326 e. The van der Waals surface area contributed by atoms with E-state index in [-0.39, 0.29) is 5.92 Å². The molecular formula is C15H17F2NO3. The van der Waals surface area contributed by atoms with E-state index >= 15 is 0 Å². The summed E-state index contributed by atoms with van der Waals surface area (Å²) in [6, 6.07) is 2.18. The van der Waals surface area contributed by atoms with Crippen LogP contribution in [-0.2, 0) is 4.79 Å². The van der Waals surface area contributed by atoms with Crippen molar-refractivity contribution in [3.05, 3.63) is 35.4 Å². The molecule has 4 nitrogen and oxygen atoms in total. The molecule has 1 saturated carbocycles. The Hall–Kier alpha value is -1.98. The van der Waals surface area contributed by atoms with Crippen LogP contribution in [0.15, 0.2) is 18.2 Å². The topological polar surface area (TPSA) is 66.4 Å². The van der Waals surface area contributed by atoms with Gasteiger partial charge in [-0.1, -0.05) is 25.3 Å². The second kappa shape index (κ2) is 6.65. The molecule has 1 aliphatic rings. The number of benzene rings is 1. The summed E-state index contributed by atoms with van der Waals surface area (Å²) in [6.45, 7) is 0. The van der Waals surface area contributed by atoms with Crippen LogP contribution in [0.1, 0.15) is 42.5 Å². The minimum Gasteiger partial charge on any atom is -0.480 e. The Morgan fingerprint density at radius 3 is 2.48 bits per heavy atom. The van der Waals surface area contributed by atoms with Gasteiger partial charge in [0.2, 0.25) is 0 Å². The van der Waals surface area contributed by atoms with Gasteiger partial charge in [0.15, 0.2) is 11.6 Å². The lowest BCUT2D eigenvalue weighted by Gasteiger charge is -2.28. The summed E-state index contributed by atoms with van der Waals surface area (Å²) in [4.78, 5) is 23.3. The van der Waals surface area contributed by atoms with E-state index in [1.165, 1.54) is 6.07 Å². The minimum absolute atomic E-state index is 0.170. The van der Waals surface area contributed by atoms with E-state index in [1.807, 2.05) is 0 Å². The number of carboxylic acids is 1. The van der Waals surface area contributed by atoms with Crippen LogP contribution in [-0.4, -0.2) is 23.0 Å². The number of nitrogens with one attached hydrogen (secondary N) is 1. The van der Waals surface area contributed by atoms with Gasteiger partial charge in [-0.3, -0.25) is 4.79 Å². The Morgan fingerprint density at radius 2 is 1.86 bits per heavy atom. The molecule has 114 valence electrons. The third-order valence-corrected chi connectivity index (χ3v) is 3.87. The first-order valence-electron chi connectivity index (χ1n) is 6.98. The zero-order valence-corrected chi connectivity index (χ0v) is 11.4. The molecule has 2 N–H and O–H groups in total. The number of halogens is 2. The first kappa shape index (κ1) is 15.4. The maximum absolute atomic E-state index is 13.6. The van der Waals surface area contributed by atoms with Crippen LogP contribution in [0.4, 0.5) is 8.78 Å². The van der Waals surface area contributed by atoms with Crippen LogP contribution in [0.5, 0.6) is 0 Å². The molecule has 21 heavy (non-hydrogen) atoms. The van der Waals surface area contributed by atoms with Crippen LogP contribution in [0.2, 0.25) is 0 Å². The molecule has 1 aromatic rings. The van der Waals surface area contributed by atoms with E-state index in [2.05, 4.69) is 5.32 Å². The van der Waals surface area contributed by atoms with Crippen molar-refractivity contribution in [2.45, 2.75) is 38.1 Å². The predicted octanol–water partition coefficient (Wildman–Crippen LogP) is 2.73. The summed E-state index contributed by atoms with van der Waals surface area (Å²) in [5.41, 5.74) is -0.475. The highest BCUT2D eigenvalue weighted by atomic mass is 19.2. The molecule has 1 unspecified atom stereocenters. The van der Waals surface area contributed by atoms with Gasteiger partial charge in [-0.25, -0.2) is 13.6 Å². The molecule has 1 atom stereocenters. The Labute approximate surface area is 121 Å². The molecule has 6 heteroatoms. The number of amides is 1. The van der Waals surface area contributed by atoms with Crippen LogP contribution >= 0.6 is 0 Å². The first-order chi connectivity index (χ1) is 10.0. The van der Waals surface area contributed by atoms with Gasteiger partial charge in [-0.05, 0) is 30.9 Å². The Kier molecular flexibility index (Phi) is 4.88. The van der Waals surface area contributed by atoms with Gasteiger partial charge in [0, 0.05) is 0 Å². The van der Waals surface area contributed by atoms with E-state index in [4.69, 9.17) is 0 Å². The van der Waals surface area contributed by atoms with Gasteiger partial charge in [0.05, 0.1) is 5.56 Å². The summed E-state index contributed by atoms with van der Waals surface area (Å²) in [5, 5.41) is 11.6. The normalized spacial score (nSPS) is 17.2. The highest BCUT2D eigenvalue weighted by molar-refractivity contribution is 5.96. The molecule has 0 aliphatic heterocycles. The summed E-state index contributed by atoms with van der Waals surface area (Å²) in [7, 11) is 0. The van der Waals surface area contributed by atoms with Crippen molar-refractivity contribution < 1.29 is 23.5 Å². The molecule has 0 heterocycles. The van der Waals surface area contributed by atoms with E-state index < -0.39 is 35.1 Å². The monoisotopic (exact) mass is 297 g/mol. The molecule has 0 spiro atoms. The maximum atomic E-state index is 13.6. The van der Waals surface area contributed by atoms with Crippen LogP contribution in [0.3, 0.4) is 0 Å². The highest BCUT2D eigenvalue weighted by Crippen LogP contribution is 2.27. The van der Waals surface area contributed by atoms with Gasteiger partial charge < -0.3 is 10.4 Å². The fourth-order valence-electron chi connectivity index (χ4n) is 2.75. The van der Waals surface area contributed by atoms with Crippen molar-refractivity contribution in [1.82, 2.24) is 5.32 Å². The molecule has 0 aromatic heterocycles. The molecular weight excluding hydrogens is 280 g/mol. The average Bonchev–Trinajstić information content (AvgIpc) is 2.48. The van der Waals surface area contributed by atoms with Crippen molar-refractivity contribution in [3.63, 3.8) is 0 Å². The number of carbonyl (C=O) groups excluding carboxylic acids is 1. The Morgan fingerprint density at radius 1 is 1.19 bits per heavy atom. The number of carbonyl (C=O) groups is 2. The Balaban J connectivity index is 2.14. The second-order valence-corrected chi connectivity index (χ2v) is 5.29. The van der Waals surface area contributed by atoms with E-state index in [9.17, 15) is 23.5 Å². The quantitative estimate of drug-likeness (QED) is 0.898. The third kappa shape index (κ3) is 3.56. The fraction of sp³-hybridized carbons (Fsp3) is 0.467. The van der Waals surface area contributed by atoms with Crippen molar-refractivity contribution in [3.8, 4) is 0 Å². The molecule has 1 fully saturated rings. The predicted molar refractivity (Wildman–Crippen MR) is 71.8 cm³/mol. The molecule has 0 saturated heterocycles. The molecule has 1 amide bonds. The molecule has 0 bridgehead atoms. The van der Waals surface area contributed by atoms with Gasteiger partial charge in [0.25, 0.3) is 5.91 Å². The minimum atomic E-state index is -1.26. The lowest BCUT2D eigenvalue weighted by atomic mass is 9.84. The number of hydrogen-bond donors (Lipinski definition) is 2. The number of aliphatic carboxylic acids is 1. The average molecular weight is 297 g/mol. The van der Waals surface area contributed by atoms with Crippen molar-refractivity contribution in [1.29, 1.82) is 0 Å². The van der Waals surface area contributed by atoms with E-state index in [0.29, 0.717) is 12.8 Å². The summed E-state index contributed by atoms with van der Waals surface area (Å²) in [5.74, 6) is -4.61. The largest absolute Gasteiger partial charge is 0.480 e. The molecule has 1 aromatic carbocycles. The summed E-state index contributed by atoms with van der Waals surface area (Å²) in [6.07, 6.45) is 4.30. The first-order valence-corrected chi connectivity index (χ1v) is 6.98. The van der Waals surface area contributed by atoms with Crippen molar-refractivity contribution >= 4 is 11.9 Å².